The van der Waals surface area contributed by atoms with Crippen molar-refractivity contribution in [3.8, 4) is 0 Å². The predicted octanol–water partition coefficient (Wildman–Crippen LogP) is 3.66. The Morgan fingerprint density at radius 1 is 0.595 bits per heavy atom. The molecule has 0 saturated heterocycles. The first-order valence-corrected chi connectivity index (χ1v) is 11.8. The Morgan fingerprint density at radius 2 is 0.946 bits per heavy atom. The molecule has 0 radical (unpaired) electrons. The molecule has 0 aromatic heterocycles. The average molecular weight is 543 g/mol. The van der Waals surface area contributed by atoms with Crippen molar-refractivity contribution >= 4 is 24.2 Å². The van der Waals surface area contributed by atoms with Crippen LogP contribution >= 0.6 is 0 Å². The van der Waals surface area contributed by atoms with Crippen molar-refractivity contribution in [1.29, 1.82) is 0 Å². The molecule has 4 amide bonds. The van der Waals surface area contributed by atoms with Gasteiger partial charge in [0.15, 0.2) is 0 Å². The van der Waals surface area contributed by atoms with E-state index in [1.54, 1.807) is 67.6 Å². The molecule has 0 aliphatic rings. The molecule has 14 heteroatoms. The fourth-order valence-corrected chi connectivity index (χ4v) is 2.49. The number of ether oxygens (including phenoxy) is 3. The standard InChI is InChI=1S/C23H41F3N4O7/c1-20(2,3)35-17(32)28-11-13-30(19(34)37-22(7,8)9)15-14-29(18(33)36-21(4,5)6)12-10-27-16(31)23(24,25)26/h10-15H2,1-9H3,(H,27,31)(H,28,32). The number of hydrogen-bond acceptors (Lipinski definition) is 7. The summed E-state index contributed by atoms with van der Waals surface area (Å²) in [5.74, 6) is -2.14. The summed E-state index contributed by atoms with van der Waals surface area (Å²) in [6, 6.07) is 0. The maximum absolute atomic E-state index is 12.7. The van der Waals surface area contributed by atoms with Gasteiger partial charge in [-0.25, -0.2) is 14.4 Å². The SMILES string of the molecule is CC(C)(C)OC(=O)NCCN(CCN(CCNC(=O)C(F)(F)F)C(=O)OC(C)(C)C)C(=O)OC(C)(C)C. The molecule has 0 fully saturated rings. The van der Waals surface area contributed by atoms with E-state index in [9.17, 15) is 32.3 Å². The second-order valence-electron chi connectivity index (χ2n) is 11.1. The molecule has 0 atom stereocenters. The van der Waals surface area contributed by atoms with Gasteiger partial charge in [-0.05, 0) is 62.3 Å². The highest BCUT2D eigenvalue weighted by Gasteiger charge is 2.38. The number of nitrogens with one attached hydrogen (secondary N) is 2. The minimum absolute atomic E-state index is 0.00222. The average Bonchev–Trinajstić information content (AvgIpc) is 2.63. The van der Waals surface area contributed by atoms with Gasteiger partial charge in [0.25, 0.3) is 0 Å². The number of halogens is 3. The molecule has 11 nitrogen and oxygen atoms in total. The van der Waals surface area contributed by atoms with Crippen LogP contribution in [0.1, 0.15) is 62.3 Å². The summed E-state index contributed by atoms with van der Waals surface area (Å²) in [6.45, 7) is 13.9. The Balaban J connectivity index is 5.41. The highest BCUT2D eigenvalue weighted by atomic mass is 19.4. The van der Waals surface area contributed by atoms with Crippen LogP contribution in [0.3, 0.4) is 0 Å². The number of alkyl halides is 3. The summed E-state index contributed by atoms with van der Waals surface area (Å²) in [5.41, 5.74) is -2.45. The summed E-state index contributed by atoms with van der Waals surface area (Å²) in [6.07, 6.45) is -7.32. The summed E-state index contributed by atoms with van der Waals surface area (Å²) < 4.78 is 53.3. The molecule has 0 aromatic rings. The van der Waals surface area contributed by atoms with E-state index in [0.717, 1.165) is 4.90 Å². The van der Waals surface area contributed by atoms with Crippen molar-refractivity contribution in [3.63, 3.8) is 0 Å². The van der Waals surface area contributed by atoms with Crippen molar-refractivity contribution in [3.05, 3.63) is 0 Å². The third-order valence-electron chi connectivity index (χ3n) is 3.92. The summed E-state index contributed by atoms with van der Waals surface area (Å²) in [5, 5.41) is 4.22. The summed E-state index contributed by atoms with van der Waals surface area (Å²) in [7, 11) is 0. The number of carbonyl (C=O) groups excluding carboxylic acids is 4. The first kappa shape index (κ1) is 34.1. The van der Waals surface area contributed by atoms with Crippen LogP contribution in [-0.4, -0.2) is 96.2 Å². The molecule has 0 rings (SSSR count). The van der Waals surface area contributed by atoms with Crippen LogP contribution < -0.4 is 10.6 Å². The molecule has 37 heavy (non-hydrogen) atoms. The van der Waals surface area contributed by atoms with E-state index in [0.29, 0.717) is 0 Å². The van der Waals surface area contributed by atoms with Gasteiger partial charge in [-0.3, -0.25) is 4.79 Å². The van der Waals surface area contributed by atoms with Gasteiger partial charge in [0.2, 0.25) is 0 Å². The van der Waals surface area contributed by atoms with Crippen molar-refractivity contribution < 1.29 is 46.6 Å². The molecule has 0 unspecified atom stereocenters. The second-order valence-corrected chi connectivity index (χ2v) is 11.1. The van der Waals surface area contributed by atoms with E-state index in [4.69, 9.17) is 14.2 Å². The molecule has 0 bridgehead atoms. The van der Waals surface area contributed by atoms with Crippen molar-refractivity contribution in [2.75, 3.05) is 39.3 Å². The van der Waals surface area contributed by atoms with Gasteiger partial charge in [-0.2, -0.15) is 13.2 Å². The van der Waals surface area contributed by atoms with Crippen LogP contribution in [0.4, 0.5) is 27.6 Å². The number of carbonyl (C=O) groups is 4. The molecular formula is C23H41F3N4O7. The van der Waals surface area contributed by atoms with Gasteiger partial charge < -0.3 is 34.6 Å². The fraction of sp³-hybridized carbons (Fsp3) is 0.826. The lowest BCUT2D eigenvalue weighted by Crippen LogP contribution is -2.48. The first-order valence-electron chi connectivity index (χ1n) is 11.8. The van der Waals surface area contributed by atoms with Crippen LogP contribution in [0.25, 0.3) is 0 Å². The van der Waals surface area contributed by atoms with Crippen molar-refractivity contribution in [1.82, 2.24) is 20.4 Å². The molecule has 0 aromatic carbocycles. The van der Waals surface area contributed by atoms with Crippen LogP contribution in [-0.2, 0) is 19.0 Å². The molecule has 216 valence electrons. The van der Waals surface area contributed by atoms with Crippen molar-refractivity contribution in [2.24, 2.45) is 0 Å². The van der Waals surface area contributed by atoms with Gasteiger partial charge in [0.1, 0.15) is 16.8 Å². The van der Waals surface area contributed by atoms with Gasteiger partial charge in [-0.15, -0.1) is 0 Å². The second kappa shape index (κ2) is 13.6. The molecule has 2 N–H and O–H groups in total. The summed E-state index contributed by atoms with van der Waals surface area (Å²) >= 11 is 0. The Kier molecular flexibility index (Phi) is 12.5. The quantitative estimate of drug-likeness (QED) is 0.426. The maximum atomic E-state index is 12.7. The molecule has 0 aliphatic carbocycles. The Morgan fingerprint density at radius 3 is 1.27 bits per heavy atom. The monoisotopic (exact) mass is 542 g/mol. The molecule has 0 aliphatic heterocycles. The largest absolute Gasteiger partial charge is 0.471 e. The smallest absolute Gasteiger partial charge is 0.444 e. The van der Waals surface area contributed by atoms with Gasteiger partial charge in [-0.1, -0.05) is 0 Å². The zero-order valence-corrected chi connectivity index (χ0v) is 23.1. The number of rotatable bonds is 9. The molecule has 0 spiro atoms. The Bertz CT molecular complexity index is 785. The van der Waals surface area contributed by atoms with Gasteiger partial charge >= 0.3 is 30.4 Å². The molecule has 0 saturated carbocycles. The van der Waals surface area contributed by atoms with E-state index in [2.05, 4.69) is 5.32 Å². The van der Waals surface area contributed by atoms with E-state index in [1.807, 2.05) is 0 Å². The lowest BCUT2D eigenvalue weighted by Gasteiger charge is -2.31. The maximum Gasteiger partial charge on any atom is 0.471 e. The first-order chi connectivity index (χ1) is 16.5. The van der Waals surface area contributed by atoms with E-state index in [1.165, 1.54) is 4.90 Å². The number of nitrogens with zero attached hydrogens (tertiary/aromatic N) is 2. The fourth-order valence-electron chi connectivity index (χ4n) is 2.49. The topological polar surface area (TPSA) is 127 Å². The number of hydrogen-bond donors (Lipinski definition) is 2. The lowest BCUT2D eigenvalue weighted by molar-refractivity contribution is -0.173. The van der Waals surface area contributed by atoms with E-state index < -0.39 is 53.7 Å². The highest BCUT2D eigenvalue weighted by Crippen LogP contribution is 2.15. The zero-order valence-electron chi connectivity index (χ0n) is 23.1. The number of alkyl carbamates (subject to hydrolysis) is 1. The minimum Gasteiger partial charge on any atom is -0.444 e. The van der Waals surface area contributed by atoms with Gasteiger partial charge in [0, 0.05) is 39.3 Å². The molecular weight excluding hydrogens is 501 g/mol. The van der Waals surface area contributed by atoms with Gasteiger partial charge in [0.05, 0.1) is 0 Å². The van der Waals surface area contributed by atoms with Crippen LogP contribution in [0.15, 0.2) is 0 Å². The predicted molar refractivity (Wildman–Crippen MR) is 129 cm³/mol. The third-order valence-corrected chi connectivity index (χ3v) is 3.92. The number of amides is 4. The summed E-state index contributed by atoms with van der Waals surface area (Å²) in [4.78, 5) is 50.7. The Hall–Kier alpha value is -2.93. The van der Waals surface area contributed by atoms with Crippen LogP contribution in [0.2, 0.25) is 0 Å². The zero-order chi connectivity index (χ0) is 29.2. The lowest BCUT2D eigenvalue weighted by atomic mass is 10.2. The van der Waals surface area contributed by atoms with E-state index in [-0.39, 0.29) is 32.7 Å². The van der Waals surface area contributed by atoms with E-state index >= 15 is 0 Å². The highest BCUT2D eigenvalue weighted by molar-refractivity contribution is 5.81. The molecule has 0 heterocycles. The third kappa shape index (κ3) is 17.2. The normalized spacial score (nSPS) is 12.3. The van der Waals surface area contributed by atoms with Crippen LogP contribution in [0, 0.1) is 0 Å². The Labute approximate surface area is 216 Å². The van der Waals surface area contributed by atoms with Crippen molar-refractivity contribution in [2.45, 2.75) is 85.3 Å². The minimum atomic E-state index is -5.06. The van der Waals surface area contributed by atoms with Crippen LogP contribution in [0.5, 0.6) is 0 Å².